The molecule has 1 aromatic rings. The summed E-state index contributed by atoms with van der Waals surface area (Å²) >= 11 is 0. The van der Waals surface area contributed by atoms with Gasteiger partial charge >= 0.3 is 0 Å². The molecular weight excluding hydrogens is 178 g/mol. The fraction of sp³-hybridized carbons (Fsp3) is 0.545. The van der Waals surface area contributed by atoms with E-state index in [0.717, 1.165) is 25.0 Å². The highest BCUT2D eigenvalue weighted by molar-refractivity contribution is 5.03. The standard InChI is InChI=1S/C11H17NO2/c1-14-9-11(13)7-4-6-10-5-2-3-8-12-10/h2-3,5,8,11,13H,4,6-7,9H2,1H3. The lowest BCUT2D eigenvalue weighted by Crippen LogP contribution is -2.13. The van der Waals surface area contributed by atoms with Gasteiger partial charge in [0.1, 0.15) is 0 Å². The summed E-state index contributed by atoms with van der Waals surface area (Å²) in [5, 5.41) is 9.38. The maximum Gasteiger partial charge on any atom is 0.0773 e. The van der Waals surface area contributed by atoms with Gasteiger partial charge in [0.15, 0.2) is 0 Å². The number of aromatic nitrogens is 1. The van der Waals surface area contributed by atoms with E-state index in [1.807, 2.05) is 18.2 Å². The molecule has 0 aliphatic heterocycles. The first kappa shape index (κ1) is 11.1. The van der Waals surface area contributed by atoms with Crippen LogP contribution in [-0.4, -0.2) is 29.9 Å². The van der Waals surface area contributed by atoms with Gasteiger partial charge in [-0.15, -0.1) is 0 Å². The second-order valence-electron chi connectivity index (χ2n) is 3.32. The smallest absolute Gasteiger partial charge is 0.0773 e. The van der Waals surface area contributed by atoms with E-state index >= 15 is 0 Å². The lowest BCUT2D eigenvalue weighted by Gasteiger charge is -2.08. The maximum atomic E-state index is 9.38. The summed E-state index contributed by atoms with van der Waals surface area (Å²) in [6.45, 7) is 0.419. The zero-order valence-corrected chi connectivity index (χ0v) is 8.52. The van der Waals surface area contributed by atoms with Gasteiger partial charge in [-0.2, -0.15) is 0 Å². The number of nitrogens with zero attached hydrogens (tertiary/aromatic N) is 1. The Labute approximate surface area is 84.7 Å². The van der Waals surface area contributed by atoms with Crippen LogP contribution in [0.25, 0.3) is 0 Å². The summed E-state index contributed by atoms with van der Waals surface area (Å²) in [7, 11) is 1.60. The molecule has 1 rings (SSSR count). The molecule has 3 heteroatoms. The van der Waals surface area contributed by atoms with E-state index in [1.54, 1.807) is 13.3 Å². The monoisotopic (exact) mass is 195 g/mol. The van der Waals surface area contributed by atoms with Crippen LogP contribution >= 0.6 is 0 Å². The molecule has 1 heterocycles. The van der Waals surface area contributed by atoms with Gasteiger partial charge in [0.05, 0.1) is 12.7 Å². The molecule has 0 spiro atoms. The normalized spacial score (nSPS) is 12.7. The van der Waals surface area contributed by atoms with Crippen molar-refractivity contribution in [3.05, 3.63) is 30.1 Å². The van der Waals surface area contributed by atoms with Crippen LogP contribution in [0.15, 0.2) is 24.4 Å². The Morgan fingerprint density at radius 2 is 2.36 bits per heavy atom. The largest absolute Gasteiger partial charge is 0.391 e. The van der Waals surface area contributed by atoms with Crippen molar-refractivity contribution in [2.45, 2.75) is 25.4 Å². The van der Waals surface area contributed by atoms with Gasteiger partial charge in [0, 0.05) is 19.0 Å². The van der Waals surface area contributed by atoms with Crippen molar-refractivity contribution in [3.63, 3.8) is 0 Å². The fourth-order valence-electron chi connectivity index (χ4n) is 1.34. The number of aliphatic hydroxyl groups is 1. The van der Waals surface area contributed by atoms with E-state index in [-0.39, 0.29) is 6.10 Å². The SMILES string of the molecule is COCC(O)CCCc1ccccn1. The zero-order valence-electron chi connectivity index (χ0n) is 8.52. The highest BCUT2D eigenvalue weighted by Crippen LogP contribution is 2.04. The van der Waals surface area contributed by atoms with E-state index in [0.29, 0.717) is 6.61 Å². The van der Waals surface area contributed by atoms with E-state index in [1.165, 1.54) is 0 Å². The van der Waals surface area contributed by atoms with E-state index < -0.39 is 0 Å². The van der Waals surface area contributed by atoms with Gasteiger partial charge in [-0.1, -0.05) is 6.07 Å². The molecule has 1 N–H and O–H groups in total. The van der Waals surface area contributed by atoms with Crippen molar-refractivity contribution < 1.29 is 9.84 Å². The summed E-state index contributed by atoms with van der Waals surface area (Å²) in [5.74, 6) is 0. The Kier molecular flexibility index (Phi) is 5.19. The molecule has 1 unspecified atom stereocenters. The summed E-state index contributed by atoms with van der Waals surface area (Å²) in [6, 6.07) is 5.89. The number of aliphatic hydroxyl groups excluding tert-OH is 1. The van der Waals surface area contributed by atoms with Crippen LogP contribution in [0.3, 0.4) is 0 Å². The van der Waals surface area contributed by atoms with Crippen molar-refractivity contribution in [3.8, 4) is 0 Å². The molecule has 0 saturated heterocycles. The number of rotatable bonds is 6. The van der Waals surface area contributed by atoms with Gasteiger partial charge in [-0.25, -0.2) is 0 Å². The van der Waals surface area contributed by atoms with Gasteiger partial charge in [-0.3, -0.25) is 4.98 Å². The molecule has 0 saturated carbocycles. The molecule has 0 aliphatic carbocycles. The third-order valence-electron chi connectivity index (χ3n) is 2.06. The van der Waals surface area contributed by atoms with E-state index in [2.05, 4.69) is 4.98 Å². The lowest BCUT2D eigenvalue weighted by atomic mass is 10.1. The third-order valence-corrected chi connectivity index (χ3v) is 2.06. The molecule has 3 nitrogen and oxygen atoms in total. The van der Waals surface area contributed by atoms with Crippen molar-refractivity contribution >= 4 is 0 Å². The van der Waals surface area contributed by atoms with Crippen molar-refractivity contribution in [1.29, 1.82) is 0 Å². The first-order chi connectivity index (χ1) is 6.83. The average Bonchev–Trinajstić information content (AvgIpc) is 2.20. The minimum absolute atomic E-state index is 0.344. The van der Waals surface area contributed by atoms with Crippen molar-refractivity contribution in [1.82, 2.24) is 4.98 Å². The molecule has 0 radical (unpaired) electrons. The molecule has 0 aromatic carbocycles. The van der Waals surface area contributed by atoms with E-state index in [9.17, 15) is 5.11 Å². The van der Waals surface area contributed by atoms with Crippen molar-refractivity contribution in [2.24, 2.45) is 0 Å². The molecule has 0 bridgehead atoms. The van der Waals surface area contributed by atoms with Crippen LogP contribution in [-0.2, 0) is 11.2 Å². The number of methoxy groups -OCH3 is 1. The highest BCUT2D eigenvalue weighted by Gasteiger charge is 2.02. The van der Waals surface area contributed by atoms with E-state index in [4.69, 9.17) is 4.74 Å². The summed E-state index contributed by atoms with van der Waals surface area (Å²) in [4.78, 5) is 4.21. The number of hydrogen-bond acceptors (Lipinski definition) is 3. The molecule has 78 valence electrons. The Morgan fingerprint density at radius 1 is 1.50 bits per heavy atom. The molecule has 14 heavy (non-hydrogen) atoms. The predicted molar refractivity (Wildman–Crippen MR) is 55.1 cm³/mol. The molecule has 1 aromatic heterocycles. The summed E-state index contributed by atoms with van der Waals surface area (Å²) in [5.41, 5.74) is 1.08. The zero-order chi connectivity index (χ0) is 10.2. The third kappa shape index (κ3) is 4.35. The minimum atomic E-state index is -0.344. The average molecular weight is 195 g/mol. The topological polar surface area (TPSA) is 42.4 Å². The number of ether oxygens (including phenoxy) is 1. The molecule has 0 amide bonds. The van der Waals surface area contributed by atoms with Crippen LogP contribution in [0.4, 0.5) is 0 Å². The first-order valence-electron chi connectivity index (χ1n) is 4.90. The molecule has 0 aliphatic rings. The quantitative estimate of drug-likeness (QED) is 0.746. The number of aryl methyl sites for hydroxylation is 1. The Bertz CT molecular complexity index is 238. The Balaban J connectivity index is 2.16. The van der Waals surface area contributed by atoms with Crippen molar-refractivity contribution in [2.75, 3.05) is 13.7 Å². The first-order valence-corrected chi connectivity index (χ1v) is 4.90. The Hall–Kier alpha value is -0.930. The summed E-state index contributed by atoms with van der Waals surface area (Å²) in [6.07, 6.45) is 4.08. The second-order valence-corrected chi connectivity index (χ2v) is 3.32. The van der Waals surface area contributed by atoms with Crippen LogP contribution in [0.2, 0.25) is 0 Å². The Morgan fingerprint density at radius 3 is 3.00 bits per heavy atom. The van der Waals surface area contributed by atoms with Gasteiger partial charge in [0.25, 0.3) is 0 Å². The lowest BCUT2D eigenvalue weighted by molar-refractivity contribution is 0.0580. The number of hydrogen-bond donors (Lipinski definition) is 1. The summed E-state index contributed by atoms with van der Waals surface area (Å²) < 4.78 is 4.84. The molecule has 1 atom stereocenters. The van der Waals surface area contributed by atoms with Gasteiger partial charge in [-0.05, 0) is 31.4 Å². The van der Waals surface area contributed by atoms with Gasteiger partial charge in [0.2, 0.25) is 0 Å². The maximum absolute atomic E-state index is 9.38. The van der Waals surface area contributed by atoms with Crippen LogP contribution in [0.5, 0.6) is 0 Å². The number of pyridine rings is 1. The predicted octanol–water partition coefficient (Wildman–Crippen LogP) is 1.41. The van der Waals surface area contributed by atoms with Crippen LogP contribution in [0, 0.1) is 0 Å². The minimum Gasteiger partial charge on any atom is -0.391 e. The molecule has 0 fully saturated rings. The van der Waals surface area contributed by atoms with Gasteiger partial charge < -0.3 is 9.84 Å². The fourth-order valence-corrected chi connectivity index (χ4v) is 1.34. The van der Waals surface area contributed by atoms with Crippen LogP contribution < -0.4 is 0 Å². The highest BCUT2D eigenvalue weighted by atomic mass is 16.5. The molecular formula is C11H17NO2. The van der Waals surface area contributed by atoms with Crippen LogP contribution in [0.1, 0.15) is 18.5 Å². The second kappa shape index (κ2) is 6.51.